The zero-order valence-corrected chi connectivity index (χ0v) is 17.3. The number of hydrogen-bond acceptors (Lipinski definition) is 5. The second-order valence-corrected chi connectivity index (χ2v) is 8.28. The Morgan fingerprint density at radius 3 is 2.48 bits per heavy atom. The number of ether oxygens (including phenoxy) is 1. The minimum absolute atomic E-state index is 0.230. The van der Waals surface area contributed by atoms with Crippen LogP contribution in [0.1, 0.15) is 51.2 Å². The van der Waals surface area contributed by atoms with E-state index in [1.807, 2.05) is 24.3 Å². The molecule has 0 radical (unpaired) electrons. The Morgan fingerprint density at radius 2 is 1.90 bits per heavy atom. The lowest BCUT2D eigenvalue weighted by molar-refractivity contribution is -0.143. The van der Waals surface area contributed by atoms with Gasteiger partial charge in [-0.25, -0.2) is 9.59 Å². The molecule has 0 aliphatic carbocycles. The van der Waals surface area contributed by atoms with Gasteiger partial charge in [-0.05, 0) is 57.7 Å². The summed E-state index contributed by atoms with van der Waals surface area (Å²) < 4.78 is 5.48. The summed E-state index contributed by atoms with van der Waals surface area (Å²) in [5.41, 5.74) is 6.66. The Morgan fingerprint density at radius 1 is 1.24 bits per heavy atom. The van der Waals surface area contributed by atoms with E-state index in [2.05, 4.69) is 5.32 Å². The van der Waals surface area contributed by atoms with Crippen LogP contribution in [0.2, 0.25) is 0 Å². The molecule has 1 aliphatic heterocycles. The second kappa shape index (κ2) is 9.73. The van der Waals surface area contributed by atoms with Gasteiger partial charge >= 0.3 is 12.1 Å². The number of carboxylic acid groups (broad SMARTS) is 1. The molecule has 1 heterocycles. The molecule has 0 saturated carbocycles. The number of rotatable bonds is 7. The predicted octanol–water partition coefficient (Wildman–Crippen LogP) is 2.05. The maximum absolute atomic E-state index is 13.0. The standard InChI is InChI=1S/C21H31N3O5/c1-21(2,3)29-20(28)24-13-15-9-5-4-8-14(15)12-17(24)18(25)23-16(19(26)27)10-6-7-11-22/h4-5,8-9,16-17H,6-7,10-13,22H2,1-3H3,(H,23,25)(H,26,27)/t16-,17-/m0/s1. The Kier molecular flexibility index (Phi) is 7.61. The number of hydrogen-bond donors (Lipinski definition) is 3. The third-order valence-electron chi connectivity index (χ3n) is 4.74. The number of amides is 2. The molecule has 0 bridgehead atoms. The maximum Gasteiger partial charge on any atom is 0.411 e. The SMILES string of the molecule is CC(C)(C)OC(=O)N1Cc2ccccc2C[C@H]1C(=O)N[C@@H](CCCCN)C(=O)O. The van der Waals surface area contributed by atoms with Crippen molar-refractivity contribution >= 4 is 18.0 Å². The summed E-state index contributed by atoms with van der Waals surface area (Å²) in [5, 5.41) is 12.0. The molecule has 0 unspecified atom stereocenters. The summed E-state index contributed by atoms with van der Waals surface area (Å²) in [7, 11) is 0. The van der Waals surface area contributed by atoms with Crippen LogP contribution < -0.4 is 11.1 Å². The highest BCUT2D eigenvalue weighted by atomic mass is 16.6. The van der Waals surface area contributed by atoms with Gasteiger partial charge in [-0.15, -0.1) is 0 Å². The Hall–Kier alpha value is -2.61. The van der Waals surface area contributed by atoms with Gasteiger partial charge in [-0.1, -0.05) is 24.3 Å². The predicted molar refractivity (Wildman–Crippen MR) is 108 cm³/mol. The number of unbranched alkanes of at least 4 members (excludes halogenated alkanes) is 1. The number of nitrogens with two attached hydrogens (primary N) is 1. The quantitative estimate of drug-likeness (QED) is 0.597. The number of nitrogens with zero attached hydrogens (tertiary/aromatic N) is 1. The molecule has 2 rings (SSSR count). The van der Waals surface area contributed by atoms with Crippen molar-refractivity contribution in [3.05, 3.63) is 35.4 Å². The first-order valence-electron chi connectivity index (χ1n) is 9.92. The minimum atomic E-state index is -1.10. The van der Waals surface area contributed by atoms with Crippen molar-refractivity contribution in [2.75, 3.05) is 6.54 Å². The van der Waals surface area contributed by atoms with E-state index in [4.69, 9.17) is 10.5 Å². The fourth-order valence-electron chi connectivity index (χ4n) is 3.29. The normalized spacial score (nSPS) is 17.2. The van der Waals surface area contributed by atoms with Crippen molar-refractivity contribution in [2.45, 2.75) is 70.7 Å². The average Bonchev–Trinajstić information content (AvgIpc) is 2.64. The molecular formula is C21H31N3O5. The smallest absolute Gasteiger partial charge is 0.411 e. The average molecular weight is 405 g/mol. The van der Waals surface area contributed by atoms with Crippen LogP contribution in [0.3, 0.4) is 0 Å². The minimum Gasteiger partial charge on any atom is -0.480 e. The largest absolute Gasteiger partial charge is 0.480 e. The van der Waals surface area contributed by atoms with Crippen molar-refractivity contribution in [2.24, 2.45) is 5.73 Å². The first-order valence-corrected chi connectivity index (χ1v) is 9.92. The summed E-state index contributed by atoms with van der Waals surface area (Å²) in [5.74, 6) is -1.60. The zero-order valence-electron chi connectivity index (χ0n) is 17.3. The summed E-state index contributed by atoms with van der Waals surface area (Å²) >= 11 is 0. The van der Waals surface area contributed by atoms with E-state index in [1.54, 1.807) is 20.8 Å². The number of benzene rings is 1. The molecular weight excluding hydrogens is 374 g/mol. The lowest BCUT2D eigenvalue weighted by Crippen LogP contribution is -2.56. The second-order valence-electron chi connectivity index (χ2n) is 8.28. The Labute approximate surface area is 171 Å². The van der Waals surface area contributed by atoms with Crippen molar-refractivity contribution in [3.63, 3.8) is 0 Å². The number of aliphatic carboxylic acids is 1. The molecule has 1 aromatic carbocycles. The van der Waals surface area contributed by atoms with E-state index in [-0.39, 0.29) is 13.0 Å². The molecule has 0 aromatic heterocycles. The van der Waals surface area contributed by atoms with E-state index >= 15 is 0 Å². The summed E-state index contributed by atoms with van der Waals surface area (Å²) in [4.78, 5) is 38.7. The van der Waals surface area contributed by atoms with E-state index in [1.165, 1.54) is 4.90 Å². The van der Waals surface area contributed by atoms with Crippen molar-refractivity contribution in [3.8, 4) is 0 Å². The Bertz CT molecular complexity index is 744. The van der Waals surface area contributed by atoms with E-state index < -0.39 is 35.7 Å². The van der Waals surface area contributed by atoms with Crippen LogP contribution in [0.15, 0.2) is 24.3 Å². The van der Waals surface area contributed by atoms with Gasteiger partial charge in [0.15, 0.2) is 0 Å². The van der Waals surface area contributed by atoms with Crippen LogP contribution in [0.25, 0.3) is 0 Å². The maximum atomic E-state index is 13.0. The zero-order chi connectivity index (χ0) is 21.6. The summed E-state index contributed by atoms with van der Waals surface area (Å²) in [6.45, 7) is 5.97. The van der Waals surface area contributed by atoms with Crippen LogP contribution in [0.5, 0.6) is 0 Å². The fraction of sp³-hybridized carbons (Fsp3) is 0.571. The third kappa shape index (κ3) is 6.45. The molecule has 2 atom stereocenters. The summed E-state index contributed by atoms with van der Waals surface area (Å²) in [6.07, 6.45) is 1.27. The summed E-state index contributed by atoms with van der Waals surface area (Å²) in [6, 6.07) is 5.72. The first kappa shape index (κ1) is 22.7. The molecule has 160 valence electrons. The fourth-order valence-corrected chi connectivity index (χ4v) is 3.29. The van der Waals surface area contributed by atoms with Gasteiger partial charge in [0, 0.05) is 6.42 Å². The highest BCUT2D eigenvalue weighted by Gasteiger charge is 2.38. The van der Waals surface area contributed by atoms with Gasteiger partial charge in [0.1, 0.15) is 17.7 Å². The van der Waals surface area contributed by atoms with Crippen molar-refractivity contribution < 1.29 is 24.2 Å². The van der Waals surface area contributed by atoms with E-state index in [0.29, 0.717) is 25.8 Å². The number of fused-ring (bicyclic) bond motifs is 1. The molecule has 1 aromatic rings. The molecule has 2 amide bonds. The number of nitrogens with one attached hydrogen (secondary N) is 1. The Balaban J connectivity index is 2.21. The molecule has 0 saturated heterocycles. The van der Waals surface area contributed by atoms with Gasteiger partial charge in [0.05, 0.1) is 6.54 Å². The molecule has 29 heavy (non-hydrogen) atoms. The highest BCUT2D eigenvalue weighted by molar-refractivity contribution is 5.90. The topological polar surface area (TPSA) is 122 Å². The third-order valence-corrected chi connectivity index (χ3v) is 4.74. The molecule has 0 spiro atoms. The van der Waals surface area contributed by atoms with Gasteiger partial charge in [0.25, 0.3) is 0 Å². The van der Waals surface area contributed by atoms with Gasteiger partial charge in [-0.3, -0.25) is 9.69 Å². The van der Waals surface area contributed by atoms with Crippen molar-refractivity contribution in [1.82, 2.24) is 10.2 Å². The lowest BCUT2D eigenvalue weighted by Gasteiger charge is -2.37. The molecule has 8 heteroatoms. The van der Waals surface area contributed by atoms with Crippen LogP contribution in [-0.2, 0) is 27.3 Å². The van der Waals surface area contributed by atoms with Crippen LogP contribution in [-0.4, -0.2) is 52.2 Å². The van der Waals surface area contributed by atoms with Crippen LogP contribution in [0.4, 0.5) is 4.79 Å². The molecule has 1 aliphatic rings. The number of carbonyl (C=O) groups is 3. The molecule has 4 N–H and O–H groups in total. The highest BCUT2D eigenvalue weighted by Crippen LogP contribution is 2.25. The van der Waals surface area contributed by atoms with E-state index in [0.717, 1.165) is 11.1 Å². The molecule has 8 nitrogen and oxygen atoms in total. The van der Waals surface area contributed by atoms with Gasteiger partial charge in [0.2, 0.25) is 5.91 Å². The monoisotopic (exact) mass is 405 g/mol. The number of carboxylic acids is 1. The van der Waals surface area contributed by atoms with Crippen molar-refractivity contribution in [1.29, 1.82) is 0 Å². The number of carbonyl (C=O) groups excluding carboxylic acids is 2. The molecule has 0 fully saturated rings. The van der Waals surface area contributed by atoms with Crippen LogP contribution in [0, 0.1) is 0 Å². The van der Waals surface area contributed by atoms with Crippen LogP contribution >= 0.6 is 0 Å². The first-order chi connectivity index (χ1) is 13.6. The lowest BCUT2D eigenvalue weighted by atomic mass is 9.93. The van der Waals surface area contributed by atoms with Gasteiger partial charge < -0.3 is 20.9 Å². The van der Waals surface area contributed by atoms with Gasteiger partial charge in [-0.2, -0.15) is 0 Å². The van der Waals surface area contributed by atoms with E-state index in [9.17, 15) is 19.5 Å².